The van der Waals surface area contributed by atoms with Crippen LogP contribution in [-0.4, -0.2) is 35.6 Å². The average Bonchev–Trinajstić information content (AvgIpc) is 2.38. The molecule has 0 radical (unpaired) electrons. The molecule has 1 rings (SSSR count). The predicted molar refractivity (Wildman–Crippen MR) is 74.6 cm³/mol. The van der Waals surface area contributed by atoms with Gasteiger partial charge in [-0.2, -0.15) is 0 Å². The summed E-state index contributed by atoms with van der Waals surface area (Å²) in [5.74, 6) is 0.700. The van der Waals surface area contributed by atoms with Crippen LogP contribution in [-0.2, 0) is 6.54 Å². The molecule has 1 aromatic rings. The first-order valence-electron chi connectivity index (χ1n) is 6.48. The van der Waals surface area contributed by atoms with E-state index in [1.54, 1.807) is 13.3 Å². The summed E-state index contributed by atoms with van der Waals surface area (Å²) in [6.45, 7) is 8.99. The van der Waals surface area contributed by atoms with Gasteiger partial charge in [0.1, 0.15) is 0 Å². The van der Waals surface area contributed by atoms with Crippen LogP contribution in [0.25, 0.3) is 0 Å². The average molecular weight is 251 g/mol. The van der Waals surface area contributed by atoms with Crippen molar-refractivity contribution >= 4 is 0 Å². The Morgan fingerprint density at radius 3 is 2.72 bits per heavy atom. The summed E-state index contributed by atoms with van der Waals surface area (Å²) in [7, 11) is 1.66. The van der Waals surface area contributed by atoms with Crippen LogP contribution in [0.2, 0.25) is 0 Å². The van der Waals surface area contributed by atoms with Gasteiger partial charge in [0, 0.05) is 30.4 Å². The van der Waals surface area contributed by atoms with Crippen molar-refractivity contribution in [3.63, 3.8) is 0 Å². The second-order valence-electron chi connectivity index (χ2n) is 5.11. The van der Waals surface area contributed by atoms with Crippen molar-refractivity contribution in [3.8, 4) is 5.88 Å². The lowest BCUT2D eigenvalue weighted by Crippen LogP contribution is -2.49. The molecule has 102 valence electrons. The third-order valence-corrected chi connectivity index (χ3v) is 3.25. The lowest BCUT2D eigenvalue weighted by atomic mass is 10.0. The van der Waals surface area contributed by atoms with Crippen molar-refractivity contribution in [2.45, 2.75) is 39.3 Å². The minimum atomic E-state index is -0.0170. The lowest BCUT2D eigenvalue weighted by Gasteiger charge is -2.37. The van der Waals surface area contributed by atoms with Crippen LogP contribution < -0.4 is 10.5 Å². The lowest BCUT2D eigenvalue weighted by molar-refractivity contribution is 0.116. The van der Waals surface area contributed by atoms with Crippen LogP contribution in [0.4, 0.5) is 0 Å². The predicted octanol–water partition coefficient (Wildman–Crippen LogP) is 2.04. The van der Waals surface area contributed by atoms with E-state index >= 15 is 0 Å². The molecule has 0 aliphatic heterocycles. The SMILES string of the molecule is CCCN(Cc1cccnc1OC)C(C)(C)CN. The maximum Gasteiger partial charge on any atom is 0.217 e. The smallest absolute Gasteiger partial charge is 0.217 e. The maximum absolute atomic E-state index is 5.87. The van der Waals surface area contributed by atoms with Crippen molar-refractivity contribution < 1.29 is 4.74 Å². The highest BCUT2D eigenvalue weighted by Gasteiger charge is 2.25. The van der Waals surface area contributed by atoms with Gasteiger partial charge in [0.05, 0.1) is 7.11 Å². The van der Waals surface area contributed by atoms with Gasteiger partial charge >= 0.3 is 0 Å². The fourth-order valence-electron chi connectivity index (χ4n) is 1.93. The monoisotopic (exact) mass is 251 g/mol. The molecule has 0 fully saturated rings. The van der Waals surface area contributed by atoms with Crippen LogP contribution in [0.15, 0.2) is 18.3 Å². The zero-order chi connectivity index (χ0) is 13.6. The maximum atomic E-state index is 5.87. The van der Waals surface area contributed by atoms with Gasteiger partial charge < -0.3 is 10.5 Å². The Morgan fingerprint density at radius 1 is 1.44 bits per heavy atom. The van der Waals surface area contributed by atoms with Crippen molar-refractivity contribution in [2.24, 2.45) is 5.73 Å². The molecule has 1 aromatic heterocycles. The van der Waals surface area contributed by atoms with E-state index in [4.69, 9.17) is 10.5 Å². The Labute approximate surface area is 110 Å². The number of rotatable bonds is 7. The summed E-state index contributed by atoms with van der Waals surface area (Å²) >= 11 is 0. The van der Waals surface area contributed by atoms with Crippen molar-refractivity contribution in [2.75, 3.05) is 20.2 Å². The zero-order valence-corrected chi connectivity index (χ0v) is 11.9. The topological polar surface area (TPSA) is 51.4 Å². The molecule has 4 heteroatoms. The molecule has 0 saturated heterocycles. The molecule has 2 N–H and O–H groups in total. The highest BCUT2D eigenvalue weighted by atomic mass is 16.5. The first-order chi connectivity index (χ1) is 8.55. The van der Waals surface area contributed by atoms with Crippen molar-refractivity contribution in [1.29, 1.82) is 0 Å². The molecule has 1 heterocycles. The fraction of sp³-hybridized carbons (Fsp3) is 0.643. The summed E-state index contributed by atoms with van der Waals surface area (Å²) in [5, 5.41) is 0. The molecule has 0 spiro atoms. The number of nitrogens with two attached hydrogens (primary N) is 1. The minimum Gasteiger partial charge on any atom is -0.481 e. The number of aromatic nitrogens is 1. The summed E-state index contributed by atoms with van der Waals surface area (Å²) in [4.78, 5) is 6.62. The zero-order valence-electron chi connectivity index (χ0n) is 11.9. The van der Waals surface area contributed by atoms with Crippen LogP contribution >= 0.6 is 0 Å². The summed E-state index contributed by atoms with van der Waals surface area (Å²) in [5.41, 5.74) is 6.96. The molecular formula is C14H25N3O. The summed E-state index contributed by atoms with van der Waals surface area (Å²) in [6, 6.07) is 4.00. The third-order valence-electron chi connectivity index (χ3n) is 3.25. The Balaban J connectivity index is 2.89. The molecule has 4 nitrogen and oxygen atoms in total. The van der Waals surface area contributed by atoms with Gasteiger partial charge in [0.25, 0.3) is 0 Å². The molecule has 0 bridgehead atoms. The van der Waals surface area contributed by atoms with Crippen LogP contribution in [0, 0.1) is 0 Å². The number of methoxy groups -OCH3 is 1. The van der Waals surface area contributed by atoms with E-state index in [0.717, 1.165) is 25.1 Å². The van der Waals surface area contributed by atoms with Crippen molar-refractivity contribution in [1.82, 2.24) is 9.88 Å². The number of ether oxygens (including phenoxy) is 1. The second kappa shape index (κ2) is 6.71. The standard InChI is InChI=1S/C14H25N3O/c1-5-9-17(14(2,3)11-15)10-12-7-6-8-16-13(12)18-4/h6-8H,5,9-11,15H2,1-4H3. The van der Waals surface area contributed by atoms with Gasteiger partial charge in [-0.25, -0.2) is 4.98 Å². The minimum absolute atomic E-state index is 0.0170. The van der Waals surface area contributed by atoms with Gasteiger partial charge in [-0.3, -0.25) is 4.90 Å². The summed E-state index contributed by atoms with van der Waals surface area (Å²) in [6.07, 6.45) is 2.85. The van der Waals surface area contributed by atoms with E-state index in [0.29, 0.717) is 12.4 Å². The fourth-order valence-corrected chi connectivity index (χ4v) is 1.93. The van der Waals surface area contributed by atoms with E-state index < -0.39 is 0 Å². The van der Waals surface area contributed by atoms with Crippen molar-refractivity contribution in [3.05, 3.63) is 23.9 Å². The van der Waals surface area contributed by atoms with E-state index in [2.05, 4.69) is 36.7 Å². The molecule has 0 aliphatic carbocycles. The molecule has 0 unspecified atom stereocenters. The van der Waals surface area contributed by atoms with Gasteiger partial charge in [-0.05, 0) is 32.9 Å². The Morgan fingerprint density at radius 2 is 2.17 bits per heavy atom. The van der Waals surface area contributed by atoms with Gasteiger partial charge in [0.15, 0.2) is 0 Å². The molecular weight excluding hydrogens is 226 g/mol. The van der Waals surface area contributed by atoms with Gasteiger partial charge in [0.2, 0.25) is 5.88 Å². The molecule has 0 aromatic carbocycles. The van der Waals surface area contributed by atoms with Crippen LogP contribution in [0.3, 0.4) is 0 Å². The molecule has 0 amide bonds. The number of hydrogen-bond acceptors (Lipinski definition) is 4. The number of nitrogens with zero attached hydrogens (tertiary/aromatic N) is 2. The van der Waals surface area contributed by atoms with E-state index in [1.807, 2.05) is 6.07 Å². The molecule has 0 saturated carbocycles. The molecule has 0 aliphatic rings. The summed E-state index contributed by atoms with van der Waals surface area (Å²) < 4.78 is 5.30. The number of hydrogen-bond donors (Lipinski definition) is 1. The Bertz CT molecular complexity index is 366. The van der Waals surface area contributed by atoms with Crippen LogP contribution in [0.5, 0.6) is 5.88 Å². The first-order valence-corrected chi connectivity index (χ1v) is 6.48. The highest BCUT2D eigenvalue weighted by molar-refractivity contribution is 5.25. The first kappa shape index (κ1) is 14.9. The Kier molecular flexibility index (Phi) is 5.56. The normalized spacial score (nSPS) is 11.9. The highest BCUT2D eigenvalue weighted by Crippen LogP contribution is 2.21. The van der Waals surface area contributed by atoms with Gasteiger partial charge in [-0.1, -0.05) is 13.0 Å². The second-order valence-corrected chi connectivity index (χ2v) is 5.11. The van der Waals surface area contributed by atoms with E-state index in [-0.39, 0.29) is 5.54 Å². The molecule has 18 heavy (non-hydrogen) atoms. The van der Waals surface area contributed by atoms with Gasteiger partial charge in [-0.15, -0.1) is 0 Å². The Hall–Kier alpha value is -1.13. The molecule has 0 atom stereocenters. The third kappa shape index (κ3) is 3.68. The number of pyridine rings is 1. The van der Waals surface area contributed by atoms with E-state index in [9.17, 15) is 0 Å². The van der Waals surface area contributed by atoms with Crippen LogP contribution in [0.1, 0.15) is 32.8 Å². The van der Waals surface area contributed by atoms with E-state index in [1.165, 1.54) is 0 Å². The largest absolute Gasteiger partial charge is 0.481 e. The quantitative estimate of drug-likeness (QED) is 0.805.